The van der Waals surface area contributed by atoms with E-state index in [9.17, 15) is 13.6 Å². The second kappa shape index (κ2) is 8.56. The van der Waals surface area contributed by atoms with Crippen LogP contribution < -0.4 is 14.8 Å². The second-order valence-corrected chi connectivity index (χ2v) is 7.76. The summed E-state index contributed by atoms with van der Waals surface area (Å²) in [6.07, 6.45) is -2.01. The zero-order valence-corrected chi connectivity index (χ0v) is 17.4. The number of amides is 1. The highest BCUT2D eigenvalue weighted by atomic mass is 35.5. The Hall–Kier alpha value is -3.11. The molecule has 0 fully saturated rings. The number of thioether (sulfide) groups is 1. The molecule has 1 amide bonds. The highest BCUT2D eigenvalue weighted by Crippen LogP contribution is 2.42. The number of ether oxygens (including phenoxy) is 2. The largest absolute Gasteiger partial charge is 0.586 e. The zero-order chi connectivity index (χ0) is 22.0. The average molecular weight is 465 g/mol. The third kappa shape index (κ3) is 4.80. The van der Waals surface area contributed by atoms with Gasteiger partial charge in [0.1, 0.15) is 0 Å². The van der Waals surface area contributed by atoms with Gasteiger partial charge in [-0.25, -0.2) is 0 Å². The van der Waals surface area contributed by atoms with Crippen LogP contribution in [0.4, 0.5) is 14.5 Å². The van der Waals surface area contributed by atoms with Crippen LogP contribution in [0.15, 0.2) is 60.3 Å². The van der Waals surface area contributed by atoms with E-state index in [1.165, 1.54) is 30.0 Å². The Bertz CT molecular complexity index is 1140. The molecular weight excluding hydrogens is 450 g/mol. The van der Waals surface area contributed by atoms with E-state index in [2.05, 4.69) is 31.6 Å². The Morgan fingerprint density at radius 2 is 1.94 bits per heavy atom. The molecule has 0 saturated heterocycles. The third-order valence-corrected chi connectivity index (χ3v) is 5.37. The summed E-state index contributed by atoms with van der Waals surface area (Å²) < 4.78 is 36.8. The molecule has 1 aliphatic rings. The van der Waals surface area contributed by atoms with Gasteiger partial charge in [0.15, 0.2) is 22.5 Å². The van der Waals surface area contributed by atoms with Crippen molar-refractivity contribution < 1.29 is 23.0 Å². The van der Waals surface area contributed by atoms with Crippen molar-refractivity contribution in [3.8, 4) is 22.9 Å². The summed E-state index contributed by atoms with van der Waals surface area (Å²) >= 11 is 7.13. The Labute approximate surface area is 185 Å². The van der Waals surface area contributed by atoms with Crippen LogP contribution in [-0.4, -0.2) is 32.7 Å². The molecule has 3 aromatic rings. The number of nitrogens with one attached hydrogen (secondary N) is 1. The molecule has 1 N–H and O–H groups in total. The number of hydrogen-bond donors (Lipinski definition) is 1. The number of carbonyl (C=O) groups excluding carboxylic acids is 1. The van der Waals surface area contributed by atoms with Crippen molar-refractivity contribution >= 4 is 35.0 Å². The first-order chi connectivity index (χ1) is 14.8. The van der Waals surface area contributed by atoms with Crippen molar-refractivity contribution in [3.05, 3.63) is 60.1 Å². The maximum absolute atomic E-state index is 13.1. The van der Waals surface area contributed by atoms with Gasteiger partial charge >= 0.3 is 6.29 Å². The lowest BCUT2D eigenvalue weighted by atomic mass is 10.2. The molecule has 0 saturated carbocycles. The van der Waals surface area contributed by atoms with Crippen molar-refractivity contribution in [1.82, 2.24) is 14.8 Å². The second-order valence-electron chi connectivity index (χ2n) is 6.38. The highest BCUT2D eigenvalue weighted by Gasteiger charge is 2.43. The first kappa shape index (κ1) is 21.1. The monoisotopic (exact) mass is 464 g/mol. The van der Waals surface area contributed by atoms with Crippen LogP contribution in [0.25, 0.3) is 11.4 Å². The smallest absolute Gasteiger partial charge is 0.395 e. The number of alkyl halides is 2. The van der Waals surface area contributed by atoms with Crippen molar-refractivity contribution in [2.45, 2.75) is 18.0 Å². The highest BCUT2D eigenvalue weighted by molar-refractivity contribution is 7.99. The number of carbonyl (C=O) groups is 1. The van der Waals surface area contributed by atoms with E-state index in [-0.39, 0.29) is 23.2 Å². The summed E-state index contributed by atoms with van der Waals surface area (Å²) in [7, 11) is 0. The molecule has 0 spiro atoms. The van der Waals surface area contributed by atoms with Gasteiger partial charge in [-0.3, -0.25) is 9.36 Å². The number of rotatable bonds is 7. The van der Waals surface area contributed by atoms with Gasteiger partial charge in [-0.05, 0) is 36.4 Å². The minimum absolute atomic E-state index is 0.0283. The molecular formula is C20H15ClF2N4O3S. The molecule has 2 heterocycles. The van der Waals surface area contributed by atoms with Crippen molar-refractivity contribution in [2.75, 3.05) is 11.1 Å². The average Bonchev–Trinajstić information content (AvgIpc) is 3.26. The standard InChI is InChI=1S/C20H15ClF2N4O3S/c1-2-9-27-18(12-3-5-13(21)6-4-12)25-26-19(27)31-11-17(28)24-14-7-8-15-16(10-14)30-20(22,23)29-15/h2-8,10H,1,9,11H2,(H,24,28). The van der Waals surface area contributed by atoms with Gasteiger partial charge in [-0.2, -0.15) is 0 Å². The predicted molar refractivity (Wildman–Crippen MR) is 113 cm³/mol. The van der Waals surface area contributed by atoms with Gasteiger partial charge in [0.25, 0.3) is 0 Å². The minimum atomic E-state index is -3.71. The summed E-state index contributed by atoms with van der Waals surface area (Å²) in [6, 6.07) is 11.2. The minimum Gasteiger partial charge on any atom is -0.395 e. The number of benzene rings is 2. The lowest BCUT2D eigenvalue weighted by Gasteiger charge is -2.08. The Morgan fingerprint density at radius 1 is 1.19 bits per heavy atom. The molecule has 0 radical (unpaired) electrons. The molecule has 11 heteroatoms. The van der Waals surface area contributed by atoms with Crippen LogP contribution in [0.3, 0.4) is 0 Å². The van der Waals surface area contributed by atoms with Crippen molar-refractivity contribution in [3.63, 3.8) is 0 Å². The predicted octanol–water partition coefficient (Wildman–Crippen LogP) is 4.84. The molecule has 0 bridgehead atoms. The lowest BCUT2D eigenvalue weighted by Crippen LogP contribution is -2.25. The number of aromatic nitrogens is 3. The molecule has 4 rings (SSSR count). The maximum Gasteiger partial charge on any atom is 0.586 e. The number of fused-ring (bicyclic) bond motifs is 1. The van der Waals surface area contributed by atoms with Gasteiger partial charge in [-0.15, -0.1) is 25.6 Å². The van der Waals surface area contributed by atoms with Crippen LogP contribution in [0.5, 0.6) is 11.5 Å². The van der Waals surface area contributed by atoms with E-state index >= 15 is 0 Å². The maximum atomic E-state index is 13.1. The molecule has 1 aromatic heterocycles. The normalized spacial score (nSPS) is 13.8. The topological polar surface area (TPSA) is 78.3 Å². The van der Waals surface area contributed by atoms with Gasteiger partial charge in [0, 0.05) is 28.9 Å². The van der Waals surface area contributed by atoms with E-state index in [1.807, 2.05) is 16.7 Å². The summed E-state index contributed by atoms with van der Waals surface area (Å²) in [5, 5.41) is 12.2. The molecule has 160 valence electrons. The van der Waals surface area contributed by atoms with Crippen molar-refractivity contribution in [1.29, 1.82) is 0 Å². The first-order valence-electron chi connectivity index (χ1n) is 8.97. The van der Waals surface area contributed by atoms with E-state index in [0.29, 0.717) is 28.2 Å². The Morgan fingerprint density at radius 3 is 2.68 bits per heavy atom. The van der Waals surface area contributed by atoms with Crippen LogP contribution in [0.2, 0.25) is 5.02 Å². The van der Waals surface area contributed by atoms with Gasteiger partial charge in [0.05, 0.1) is 5.75 Å². The van der Waals surface area contributed by atoms with Gasteiger partial charge < -0.3 is 14.8 Å². The number of nitrogens with zero attached hydrogens (tertiary/aromatic N) is 3. The van der Waals surface area contributed by atoms with E-state index in [0.717, 1.165) is 5.56 Å². The third-order valence-electron chi connectivity index (χ3n) is 4.15. The van der Waals surface area contributed by atoms with E-state index < -0.39 is 6.29 Å². The fourth-order valence-corrected chi connectivity index (χ4v) is 3.73. The molecule has 0 aliphatic carbocycles. The summed E-state index contributed by atoms with van der Waals surface area (Å²) in [5.74, 6) is 0.0620. The zero-order valence-electron chi connectivity index (χ0n) is 15.8. The molecule has 31 heavy (non-hydrogen) atoms. The molecule has 2 aromatic carbocycles. The van der Waals surface area contributed by atoms with Crippen LogP contribution in [0.1, 0.15) is 0 Å². The number of allylic oxidation sites excluding steroid dienone is 1. The number of hydrogen-bond acceptors (Lipinski definition) is 6. The van der Waals surface area contributed by atoms with Crippen LogP contribution in [-0.2, 0) is 11.3 Å². The van der Waals surface area contributed by atoms with Crippen LogP contribution in [0, 0.1) is 0 Å². The lowest BCUT2D eigenvalue weighted by molar-refractivity contribution is -0.286. The van der Waals surface area contributed by atoms with Gasteiger partial charge in [-0.1, -0.05) is 29.4 Å². The molecule has 0 atom stereocenters. The Kier molecular flexibility index (Phi) is 5.84. The van der Waals surface area contributed by atoms with E-state index in [4.69, 9.17) is 11.6 Å². The number of anilines is 1. The fraction of sp³-hybridized carbons (Fsp3) is 0.150. The summed E-state index contributed by atoms with van der Waals surface area (Å²) in [5.41, 5.74) is 1.13. The molecule has 0 unspecified atom stereocenters. The molecule has 7 nitrogen and oxygen atoms in total. The van der Waals surface area contributed by atoms with Crippen molar-refractivity contribution in [2.24, 2.45) is 0 Å². The van der Waals surface area contributed by atoms with E-state index in [1.54, 1.807) is 18.2 Å². The Balaban J connectivity index is 1.43. The fourth-order valence-electron chi connectivity index (χ4n) is 2.86. The SMILES string of the molecule is C=CCn1c(SCC(=O)Nc2ccc3c(c2)OC(F)(F)O3)nnc1-c1ccc(Cl)cc1. The molecule has 1 aliphatic heterocycles. The first-order valence-corrected chi connectivity index (χ1v) is 10.3. The summed E-state index contributed by atoms with van der Waals surface area (Å²) in [4.78, 5) is 12.4. The van der Waals surface area contributed by atoms with Gasteiger partial charge in [0.2, 0.25) is 5.91 Å². The number of halogens is 3. The summed E-state index contributed by atoms with van der Waals surface area (Å²) in [6.45, 7) is 4.20. The quantitative estimate of drug-likeness (QED) is 0.398. The van der Waals surface area contributed by atoms with Crippen LogP contribution >= 0.6 is 23.4 Å².